The largest absolute Gasteiger partial charge is 0.491 e. The highest BCUT2D eigenvalue weighted by atomic mass is 16.5. The molecule has 1 aromatic heterocycles. The number of nitrogens with zero attached hydrogens (tertiary/aromatic N) is 2. The molecule has 7 heteroatoms. The Kier molecular flexibility index (Phi) is 8.77. The number of rotatable bonds is 12. The second kappa shape index (κ2) is 12.2. The number of fused-ring (bicyclic) bond motifs is 1. The van der Waals surface area contributed by atoms with Crippen molar-refractivity contribution in [1.82, 2.24) is 9.88 Å². The van der Waals surface area contributed by atoms with Gasteiger partial charge in [-0.25, -0.2) is 4.98 Å². The first-order valence-electron chi connectivity index (χ1n) is 12.5. The lowest BCUT2D eigenvalue weighted by Gasteiger charge is -2.24. The monoisotopic (exact) mass is 467 g/mol. The molecule has 0 radical (unpaired) electrons. The molecule has 0 bridgehead atoms. The lowest BCUT2D eigenvalue weighted by Crippen LogP contribution is -2.28. The summed E-state index contributed by atoms with van der Waals surface area (Å²) in [5, 5.41) is 13.0. The molecule has 1 saturated heterocycles. The molecular formula is C27H37N3O4. The number of pyridine rings is 1. The SMILES string of the molecule is COCCOc1cccc([C@H](CC(=O)O)CN2CC[C@@H](CCc3ccc4c(n3)NCCC4)C2)c1. The summed E-state index contributed by atoms with van der Waals surface area (Å²) in [7, 11) is 1.65. The molecule has 184 valence electrons. The van der Waals surface area contributed by atoms with Crippen molar-refractivity contribution in [2.75, 3.05) is 51.8 Å². The molecule has 34 heavy (non-hydrogen) atoms. The molecule has 0 amide bonds. The van der Waals surface area contributed by atoms with Crippen LogP contribution >= 0.6 is 0 Å². The van der Waals surface area contributed by atoms with Crippen LogP contribution in [-0.2, 0) is 22.4 Å². The topological polar surface area (TPSA) is 83.9 Å². The van der Waals surface area contributed by atoms with Crippen molar-refractivity contribution >= 4 is 11.8 Å². The summed E-state index contributed by atoms with van der Waals surface area (Å²) < 4.78 is 10.8. The second-order valence-corrected chi connectivity index (χ2v) is 9.50. The van der Waals surface area contributed by atoms with Gasteiger partial charge in [0.05, 0.1) is 13.0 Å². The summed E-state index contributed by atoms with van der Waals surface area (Å²) in [4.78, 5) is 18.9. The van der Waals surface area contributed by atoms with Gasteiger partial charge in [0.2, 0.25) is 0 Å². The Morgan fingerprint density at radius 3 is 3.06 bits per heavy atom. The molecule has 3 heterocycles. The fraction of sp³-hybridized carbons (Fsp3) is 0.556. The fourth-order valence-electron chi connectivity index (χ4n) is 5.09. The van der Waals surface area contributed by atoms with E-state index in [2.05, 4.69) is 22.3 Å². The minimum Gasteiger partial charge on any atom is -0.491 e. The molecule has 0 unspecified atom stereocenters. The van der Waals surface area contributed by atoms with Crippen molar-refractivity contribution in [1.29, 1.82) is 0 Å². The molecule has 2 atom stereocenters. The molecule has 2 aliphatic heterocycles. The maximum absolute atomic E-state index is 11.6. The van der Waals surface area contributed by atoms with Crippen LogP contribution in [0.25, 0.3) is 0 Å². The van der Waals surface area contributed by atoms with E-state index in [1.165, 1.54) is 17.7 Å². The highest BCUT2D eigenvalue weighted by molar-refractivity contribution is 5.68. The normalized spacial score (nSPS) is 18.8. The van der Waals surface area contributed by atoms with Crippen molar-refractivity contribution in [2.45, 2.75) is 44.4 Å². The minimum absolute atomic E-state index is 0.0596. The van der Waals surface area contributed by atoms with E-state index >= 15 is 0 Å². The lowest BCUT2D eigenvalue weighted by atomic mass is 9.94. The number of aliphatic carboxylic acids is 1. The molecule has 2 aliphatic rings. The van der Waals surface area contributed by atoms with Gasteiger partial charge in [-0.2, -0.15) is 0 Å². The zero-order chi connectivity index (χ0) is 23.8. The Hall–Kier alpha value is -2.64. The van der Waals surface area contributed by atoms with E-state index in [1.54, 1.807) is 7.11 Å². The number of hydrogen-bond acceptors (Lipinski definition) is 6. The van der Waals surface area contributed by atoms with Crippen LogP contribution in [0.3, 0.4) is 0 Å². The average molecular weight is 468 g/mol. The van der Waals surface area contributed by atoms with Gasteiger partial charge in [0, 0.05) is 38.4 Å². The molecule has 1 aromatic carbocycles. The van der Waals surface area contributed by atoms with Gasteiger partial charge in [-0.1, -0.05) is 18.2 Å². The highest BCUT2D eigenvalue weighted by Gasteiger charge is 2.27. The Morgan fingerprint density at radius 1 is 1.29 bits per heavy atom. The van der Waals surface area contributed by atoms with Crippen LogP contribution in [0.5, 0.6) is 5.75 Å². The minimum atomic E-state index is -0.765. The van der Waals surface area contributed by atoms with E-state index in [0.29, 0.717) is 19.1 Å². The van der Waals surface area contributed by atoms with E-state index in [-0.39, 0.29) is 12.3 Å². The summed E-state index contributed by atoms with van der Waals surface area (Å²) in [6, 6.07) is 12.3. The third kappa shape index (κ3) is 6.93. The smallest absolute Gasteiger partial charge is 0.304 e. The molecule has 7 nitrogen and oxygen atoms in total. The number of carboxylic acid groups (broad SMARTS) is 1. The third-order valence-corrected chi connectivity index (χ3v) is 6.92. The number of methoxy groups -OCH3 is 1. The maximum atomic E-state index is 11.6. The fourth-order valence-corrected chi connectivity index (χ4v) is 5.09. The van der Waals surface area contributed by atoms with Gasteiger partial charge >= 0.3 is 5.97 Å². The first kappa shape index (κ1) is 24.5. The van der Waals surface area contributed by atoms with Gasteiger partial charge < -0.3 is 24.8 Å². The van der Waals surface area contributed by atoms with E-state index < -0.39 is 5.97 Å². The number of aromatic nitrogens is 1. The summed E-state index contributed by atoms with van der Waals surface area (Å²) in [5.41, 5.74) is 3.52. The van der Waals surface area contributed by atoms with Crippen molar-refractivity contribution < 1.29 is 19.4 Å². The first-order chi connectivity index (χ1) is 16.6. The third-order valence-electron chi connectivity index (χ3n) is 6.92. The van der Waals surface area contributed by atoms with E-state index in [1.807, 2.05) is 24.3 Å². The molecule has 0 aliphatic carbocycles. The predicted octanol–water partition coefficient (Wildman–Crippen LogP) is 3.98. The van der Waals surface area contributed by atoms with Crippen LogP contribution in [0.2, 0.25) is 0 Å². The number of aryl methyl sites for hydroxylation is 2. The maximum Gasteiger partial charge on any atom is 0.304 e. The van der Waals surface area contributed by atoms with Crippen LogP contribution in [0.15, 0.2) is 36.4 Å². The number of anilines is 1. The zero-order valence-corrected chi connectivity index (χ0v) is 20.2. The highest BCUT2D eigenvalue weighted by Crippen LogP contribution is 2.29. The average Bonchev–Trinajstić information content (AvgIpc) is 3.30. The molecule has 4 rings (SSSR count). The van der Waals surface area contributed by atoms with E-state index in [0.717, 1.165) is 69.0 Å². The number of nitrogens with one attached hydrogen (secondary N) is 1. The lowest BCUT2D eigenvalue weighted by molar-refractivity contribution is -0.137. The molecule has 0 saturated carbocycles. The Morgan fingerprint density at radius 2 is 2.21 bits per heavy atom. The van der Waals surface area contributed by atoms with Crippen LogP contribution in [0.1, 0.15) is 48.4 Å². The number of carboxylic acids is 1. The molecule has 1 fully saturated rings. The van der Waals surface area contributed by atoms with E-state index in [4.69, 9.17) is 14.5 Å². The van der Waals surface area contributed by atoms with Gasteiger partial charge in [0.25, 0.3) is 0 Å². The number of hydrogen-bond donors (Lipinski definition) is 2. The van der Waals surface area contributed by atoms with Crippen molar-refractivity contribution in [3.63, 3.8) is 0 Å². The van der Waals surface area contributed by atoms with Gasteiger partial charge in [-0.05, 0) is 73.9 Å². The predicted molar refractivity (Wildman–Crippen MR) is 133 cm³/mol. The summed E-state index contributed by atoms with van der Waals surface area (Å²) in [6.45, 7) is 4.81. The van der Waals surface area contributed by atoms with Crippen molar-refractivity contribution in [3.8, 4) is 5.75 Å². The van der Waals surface area contributed by atoms with Crippen molar-refractivity contribution in [2.24, 2.45) is 5.92 Å². The quantitative estimate of drug-likeness (QED) is 0.457. The van der Waals surface area contributed by atoms with Crippen LogP contribution in [-0.4, -0.2) is 67.5 Å². The van der Waals surface area contributed by atoms with Gasteiger partial charge in [0.1, 0.15) is 18.2 Å². The molecule has 2 N–H and O–H groups in total. The van der Waals surface area contributed by atoms with E-state index in [9.17, 15) is 9.90 Å². The molecule has 2 aromatic rings. The zero-order valence-electron chi connectivity index (χ0n) is 20.2. The van der Waals surface area contributed by atoms with Crippen LogP contribution in [0.4, 0.5) is 5.82 Å². The second-order valence-electron chi connectivity index (χ2n) is 9.50. The van der Waals surface area contributed by atoms with Gasteiger partial charge in [0.15, 0.2) is 0 Å². The molecule has 0 spiro atoms. The standard InChI is InChI=1S/C27H37N3O4/c1-33-14-15-34-25-6-2-4-22(16-25)23(17-26(31)32)19-30-13-11-20(18-30)7-9-24-10-8-21-5-3-12-28-27(21)29-24/h2,4,6,8,10,16,20,23H,3,5,7,9,11-15,17-19H2,1H3,(H,28,29)(H,31,32)/t20-,23-/m1/s1. The number of likely N-dealkylation sites (tertiary alicyclic amines) is 1. The summed E-state index contributed by atoms with van der Waals surface area (Å²) in [5.74, 6) is 1.63. The van der Waals surface area contributed by atoms with Crippen molar-refractivity contribution in [3.05, 3.63) is 53.2 Å². The summed E-state index contributed by atoms with van der Waals surface area (Å²) in [6.07, 6.45) is 5.69. The van der Waals surface area contributed by atoms with Crippen LogP contribution in [0, 0.1) is 5.92 Å². The Labute approximate surface area is 202 Å². The summed E-state index contributed by atoms with van der Waals surface area (Å²) >= 11 is 0. The number of ether oxygens (including phenoxy) is 2. The van der Waals surface area contributed by atoms with Gasteiger partial charge in [-0.3, -0.25) is 4.79 Å². The molecular weight excluding hydrogens is 430 g/mol. The Bertz CT molecular complexity index is 951. The number of benzene rings is 1. The van der Waals surface area contributed by atoms with Crippen LogP contribution < -0.4 is 10.1 Å². The number of carbonyl (C=O) groups is 1. The Balaban J connectivity index is 1.31. The first-order valence-corrected chi connectivity index (χ1v) is 12.5. The van der Waals surface area contributed by atoms with Gasteiger partial charge in [-0.15, -0.1) is 0 Å².